The van der Waals surface area contributed by atoms with Gasteiger partial charge in [-0.1, -0.05) is 35.5 Å². The third-order valence-electron chi connectivity index (χ3n) is 4.61. The largest absolute Gasteiger partial charge is 0.493 e. The van der Waals surface area contributed by atoms with Gasteiger partial charge in [-0.25, -0.2) is 4.79 Å². The quantitative estimate of drug-likeness (QED) is 0.708. The van der Waals surface area contributed by atoms with E-state index in [0.717, 1.165) is 17.0 Å². The molecule has 7 heteroatoms. The average Bonchev–Trinajstić information content (AvgIpc) is 3.10. The maximum atomic E-state index is 12.2. The Kier molecular flexibility index (Phi) is 5.23. The summed E-state index contributed by atoms with van der Waals surface area (Å²) in [6.45, 7) is 3.65. The SMILES string of the molecule is Cc1cccc(OCCc2noc(C3CN(C(=O)Nc4ccccc4)C3)n2)c1. The molecule has 0 spiro atoms. The number of urea groups is 1. The zero-order chi connectivity index (χ0) is 19.3. The van der Waals surface area contributed by atoms with Crippen LogP contribution in [0.4, 0.5) is 10.5 Å². The molecule has 7 nitrogen and oxygen atoms in total. The Balaban J connectivity index is 1.22. The van der Waals surface area contributed by atoms with Crippen LogP contribution in [0.3, 0.4) is 0 Å². The van der Waals surface area contributed by atoms with Gasteiger partial charge >= 0.3 is 6.03 Å². The third kappa shape index (κ3) is 4.31. The summed E-state index contributed by atoms with van der Waals surface area (Å²) in [7, 11) is 0. The van der Waals surface area contributed by atoms with Gasteiger partial charge in [0.2, 0.25) is 5.89 Å². The number of rotatable bonds is 6. The van der Waals surface area contributed by atoms with Crippen LogP contribution in [0.5, 0.6) is 5.75 Å². The lowest BCUT2D eigenvalue weighted by atomic mass is 10.0. The average molecular weight is 378 g/mol. The number of para-hydroxylation sites is 1. The molecule has 1 N–H and O–H groups in total. The van der Waals surface area contributed by atoms with E-state index in [2.05, 4.69) is 15.5 Å². The van der Waals surface area contributed by atoms with Crippen LogP contribution in [0.25, 0.3) is 0 Å². The van der Waals surface area contributed by atoms with Crippen molar-refractivity contribution in [2.75, 3.05) is 25.0 Å². The Morgan fingerprint density at radius 1 is 1.21 bits per heavy atom. The van der Waals surface area contributed by atoms with Gasteiger partial charge in [0.25, 0.3) is 0 Å². The summed E-state index contributed by atoms with van der Waals surface area (Å²) >= 11 is 0. The highest BCUT2D eigenvalue weighted by Gasteiger charge is 2.35. The van der Waals surface area contributed by atoms with Crippen molar-refractivity contribution in [1.29, 1.82) is 0 Å². The highest BCUT2D eigenvalue weighted by molar-refractivity contribution is 5.89. The lowest BCUT2D eigenvalue weighted by Crippen LogP contribution is -2.50. The normalized spacial score (nSPS) is 13.8. The number of benzene rings is 2. The molecule has 1 aliphatic rings. The number of aryl methyl sites for hydroxylation is 1. The number of likely N-dealkylation sites (tertiary alicyclic amines) is 1. The van der Waals surface area contributed by atoms with E-state index in [-0.39, 0.29) is 11.9 Å². The van der Waals surface area contributed by atoms with Crippen molar-refractivity contribution >= 4 is 11.7 Å². The lowest BCUT2D eigenvalue weighted by Gasteiger charge is -2.36. The van der Waals surface area contributed by atoms with Crippen LogP contribution in [0.15, 0.2) is 59.1 Å². The van der Waals surface area contributed by atoms with E-state index in [1.807, 2.05) is 61.5 Å². The fourth-order valence-corrected chi connectivity index (χ4v) is 3.02. The second-order valence-electron chi connectivity index (χ2n) is 6.86. The number of nitrogens with zero attached hydrogens (tertiary/aromatic N) is 3. The molecule has 3 aromatic rings. The fourth-order valence-electron chi connectivity index (χ4n) is 3.02. The molecule has 0 saturated carbocycles. The maximum absolute atomic E-state index is 12.2. The van der Waals surface area contributed by atoms with Crippen LogP contribution in [0.1, 0.15) is 23.2 Å². The van der Waals surface area contributed by atoms with Crippen molar-refractivity contribution in [2.45, 2.75) is 19.3 Å². The molecular weight excluding hydrogens is 356 g/mol. The number of amides is 2. The second-order valence-corrected chi connectivity index (χ2v) is 6.86. The van der Waals surface area contributed by atoms with E-state index < -0.39 is 0 Å². The molecule has 0 atom stereocenters. The van der Waals surface area contributed by atoms with E-state index in [9.17, 15) is 4.79 Å². The van der Waals surface area contributed by atoms with Crippen molar-refractivity contribution in [3.63, 3.8) is 0 Å². The Labute approximate surface area is 163 Å². The van der Waals surface area contributed by atoms with Crippen LogP contribution in [-0.4, -0.2) is 40.8 Å². The zero-order valence-electron chi connectivity index (χ0n) is 15.7. The molecule has 0 radical (unpaired) electrons. The van der Waals surface area contributed by atoms with E-state index >= 15 is 0 Å². The van der Waals surface area contributed by atoms with E-state index in [1.165, 1.54) is 0 Å². The van der Waals surface area contributed by atoms with Crippen molar-refractivity contribution in [1.82, 2.24) is 15.0 Å². The minimum atomic E-state index is -0.117. The molecule has 0 aliphatic carbocycles. The van der Waals surface area contributed by atoms with Crippen LogP contribution >= 0.6 is 0 Å². The van der Waals surface area contributed by atoms with Crippen LogP contribution in [0.2, 0.25) is 0 Å². The monoisotopic (exact) mass is 378 g/mol. The Morgan fingerprint density at radius 3 is 2.82 bits per heavy atom. The van der Waals surface area contributed by atoms with Gasteiger partial charge in [-0.2, -0.15) is 4.98 Å². The summed E-state index contributed by atoms with van der Waals surface area (Å²) in [4.78, 5) is 18.4. The number of hydrogen-bond donors (Lipinski definition) is 1. The summed E-state index contributed by atoms with van der Waals surface area (Å²) in [6.07, 6.45) is 0.572. The second kappa shape index (κ2) is 8.12. The molecule has 4 rings (SSSR count). The summed E-state index contributed by atoms with van der Waals surface area (Å²) in [5.74, 6) is 2.12. The maximum Gasteiger partial charge on any atom is 0.321 e. The van der Waals surface area contributed by atoms with Crippen LogP contribution in [0, 0.1) is 6.92 Å². The van der Waals surface area contributed by atoms with Crippen molar-refractivity contribution in [3.8, 4) is 5.75 Å². The number of carbonyl (C=O) groups is 1. The van der Waals surface area contributed by atoms with Gasteiger partial charge in [-0.05, 0) is 36.8 Å². The zero-order valence-corrected chi connectivity index (χ0v) is 15.7. The Bertz CT molecular complexity index is 936. The number of ether oxygens (including phenoxy) is 1. The predicted octanol–water partition coefficient (Wildman–Crippen LogP) is 3.63. The topological polar surface area (TPSA) is 80.5 Å². The van der Waals surface area contributed by atoms with Gasteiger partial charge in [0, 0.05) is 25.2 Å². The molecule has 1 fully saturated rings. The summed E-state index contributed by atoms with van der Waals surface area (Å²) in [6, 6.07) is 17.2. The van der Waals surface area contributed by atoms with E-state index in [4.69, 9.17) is 9.26 Å². The first-order valence-corrected chi connectivity index (χ1v) is 9.30. The van der Waals surface area contributed by atoms with Crippen molar-refractivity contribution < 1.29 is 14.1 Å². The third-order valence-corrected chi connectivity index (χ3v) is 4.61. The summed E-state index contributed by atoms with van der Waals surface area (Å²) in [5.41, 5.74) is 1.94. The molecule has 0 bridgehead atoms. The molecular formula is C21H22N4O3. The number of aromatic nitrogens is 2. The Hall–Kier alpha value is -3.35. The highest BCUT2D eigenvalue weighted by Crippen LogP contribution is 2.26. The minimum Gasteiger partial charge on any atom is -0.493 e. The van der Waals surface area contributed by atoms with Gasteiger partial charge in [0.15, 0.2) is 5.82 Å². The van der Waals surface area contributed by atoms with Gasteiger partial charge in [-0.15, -0.1) is 0 Å². The van der Waals surface area contributed by atoms with Gasteiger partial charge in [0.05, 0.1) is 12.5 Å². The van der Waals surface area contributed by atoms with Gasteiger partial charge < -0.3 is 19.5 Å². The standard InChI is InChI=1S/C21H22N4O3/c1-15-6-5-9-18(12-15)27-11-10-19-23-20(28-24-19)16-13-25(14-16)21(26)22-17-7-3-2-4-8-17/h2-9,12,16H,10-11,13-14H2,1H3,(H,22,26). The molecule has 2 amide bonds. The number of anilines is 1. The molecule has 1 aromatic heterocycles. The molecule has 144 valence electrons. The van der Waals surface area contributed by atoms with Crippen molar-refractivity contribution in [3.05, 3.63) is 71.9 Å². The van der Waals surface area contributed by atoms with Crippen LogP contribution in [-0.2, 0) is 6.42 Å². The first kappa shape index (κ1) is 18.0. The van der Waals surface area contributed by atoms with E-state index in [1.54, 1.807) is 4.90 Å². The molecule has 1 aliphatic heterocycles. The minimum absolute atomic E-state index is 0.0838. The van der Waals surface area contributed by atoms with Gasteiger partial charge in [-0.3, -0.25) is 0 Å². The fraction of sp³-hybridized carbons (Fsp3) is 0.286. The number of carbonyl (C=O) groups excluding carboxylic acids is 1. The first-order valence-electron chi connectivity index (χ1n) is 9.30. The Morgan fingerprint density at radius 2 is 2.04 bits per heavy atom. The number of nitrogens with one attached hydrogen (secondary N) is 1. The highest BCUT2D eigenvalue weighted by atomic mass is 16.5. The summed E-state index contributed by atoms with van der Waals surface area (Å²) in [5, 5.41) is 6.89. The molecule has 1 saturated heterocycles. The number of hydrogen-bond acceptors (Lipinski definition) is 5. The smallest absolute Gasteiger partial charge is 0.321 e. The predicted molar refractivity (Wildman–Crippen MR) is 104 cm³/mol. The molecule has 28 heavy (non-hydrogen) atoms. The molecule has 0 unspecified atom stereocenters. The van der Waals surface area contributed by atoms with E-state index in [0.29, 0.717) is 37.8 Å². The first-order chi connectivity index (χ1) is 13.7. The molecule has 2 heterocycles. The molecule has 2 aromatic carbocycles. The summed E-state index contributed by atoms with van der Waals surface area (Å²) < 4.78 is 11.1. The lowest BCUT2D eigenvalue weighted by molar-refractivity contribution is 0.147. The van der Waals surface area contributed by atoms with Gasteiger partial charge in [0.1, 0.15) is 5.75 Å². The van der Waals surface area contributed by atoms with Crippen LogP contribution < -0.4 is 10.1 Å². The van der Waals surface area contributed by atoms with Crippen molar-refractivity contribution in [2.24, 2.45) is 0 Å².